The summed E-state index contributed by atoms with van der Waals surface area (Å²) >= 11 is 0. The molecule has 0 radical (unpaired) electrons. The van der Waals surface area contributed by atoms with Crippen LogP contribution in [0.4, 0.5) is 11.4 Å². The molecule has 4 saturated carbocycles. The largest absolute Gasteiger partial charge is 0.459 e. The molecule has 4 fully saturated rings. The fraction of sp³-hybridized carbons (Fsp3) is 0.794. The van der Waals surface area contributed by atoms with E-state index in [2.05, 4.69) is 34.6 Å². The number of carbonyl (C=O) groups excluding carboxylic acids is 1. The van der Waals surface area contributed by atoms with Gasteiger partial charge in [0.1, 0.15) is 6.10 Å². The molecule has 4 N–H and O–H groups in total. The molecule has 4 aliphatic rings. The van der Waals surface area contributed by atoms with E-state index in [1.54, 1.807) is 18.2 Å². The van der Waals surface area contributed by atoms with Crippen molar-refractivity contribution in [1.29, 1.82) is 0 Å². The maximum Gasteiger partial charge on any atom is 0.338 e. The predicted octanol–water partition coefficient (Wildman–Crippen LogP) is 8.50. The summed E-state index contributed by atoms with van der Waals surface area (Å²) in [6, 6.07) is 5.05. The van der Waals surface area contributed by atoms with Crippen LogP contribution < -0.4 is 11.5 Å². The number of benzene rings is 1. The van der Waals surface area contributed by atoms with Crippen LogP contribution in [0.15, 0.2) is 18.2 Å². The van der Waals surface area contributed by atoms with Gasteiger partial charge in [-0.3, -0.25) is 0 Å². The fourth-order valence-corrected chi connectivity index (χ4v) is 10.4. The summed E-state index contributed by atoms with van der Waals surface area (Å²) < 4.78 is 6.14. The quantitative estimate of drug-likeness (QED) is 0.278. The minimum atomic E-state index is -0.273. The van der Waals surface area contributed by atoms with Crippen LogP contribution in [0.2, 0.25) is 0 Å². The number of fused-ring (bicyclic) bond motifs is 5. The monoisotopic (exact) mass is 522 g/mol. The maximum absolute atomic E-state index is 13.0. The molecule has 0 aliphatic heterocycles. The lowest BCUT2D eigenvalue weighted by Crippen LogP contribution is -2.54. The van der Waals surface area contributed by atoms with Crippen molar-refractivity contribution in [3.63, 3.8) is 0 Å². The van der Waals surface area contributed by atoms with Gasteiger partial charge in [0.25, 0.3) is 0 Å². The Bertz CT molecular complexity index is 986. The highest BCUT2D eigenvalue weighted by Gasteiger charge is 2.61. The Morgan fingerprint density at radius 1 is 0.895 bits per heavy atom. The third-order valence-corrected chi connectivity index (χ3v) is 12.3. The minimum Gasteiger partial charge on any atom is -0.459 e. The molecule has 0 saturated heterocycles. The number of hydrogen-bond acceptors (Lipinski definition) is 4. The standard InChI is InChI=1S/C34H54N2O2/c1-21(2)7-6-8-22(3)29-13-14-30-28-12-10-24-9-11-27(20-34(24,5)31(28)15-16-33(29,30)4)38-32(37)23-17-25(35)19-26(36)18-23/h17-19,21-22,24,27-31H,6-16,20,35-36H2,1-5H3/t22?,24?,27?,28?,29?,30?,31?,33?,34-/m0/s1. The number of ether oxygens (including phenoxy) is 1. The second-order valence-electron chi connectivity index (χ2n) is 14.9. The Labute approximate surface area is 232 Å². The average molecular weight is 523 g/mol. The minimum absolute atomic E-state index is 0.00392. The van der Waals surface area contributed by atoms with Crippen molar-refractivity contribution in [3.8, 4) is 0 Å². The Morgan fingerprint density at radius 3 is 2.29 bits per heavy atom. The van der Waals surface area contributed by atoms with E-state index < -0.39 is 0 Å². The summed E-state index contributed by atoms with van der Waals surface area (Å²) in [5, 5.41) is 0. The zero-order valence-corrected chi connectivity index (χ0v) is 24.8. The third-order valence-electron chi connectivity index (χ3n) is 12.3. The molecule has 1 aromatic rings. The smallest absolute Gasteiger partial charge is 0.338 e. The molecule has 0 bridgehead atoms. The SMILES string of the molecule is CC(C)CCCC(C)C1CCC2C3CCC4CCC(OC(=O)c5cc(N)cc(N)c5)C[C@]4(C)C3CCC12C. The zero-order chi connectivity index (χ0) is 27.2. The van der Waals surface area contributed by atoms with E-state index in [1.807, 2.05) is 0 Å². The number of nitrogens with two attached hydrogens (primary N) is 2. The first-order valence-corrected chi connectivity index (χ1v) is 15.9. The summed E-state index contributed by atoms with van der Waals surface area (Å²) in [6.07, 6.45) is 15.8. The average Bonchev–Trinajstić information content (AvgIpc) is 3.20. The summed E-state index contributed by atoms with van der Waals surface area (Å²) in [5.74, 6) is 5.59. The van der Waals surface area contributed by atoms with E-state index in [4.69, 9.17) is 16.2 Å². The molecular weight excluding hydrogens is 468 g/mol. The summed E-state index contributed by atoms with van der Waals surface area (Å²) in [7, 11) is 0. The molecule has 4 heteroatoms. The molecule has 5 rings (SSSR count). The van der Waals surface area contributed by atoms with Crippen molar-refractivity contribution < 1.29 is 9.53 Å². The molecule has 9 atom stereocenters. The molecule has 0 amide bonds. The van der Waals surface area contributed by atoms with Gasteiger partial charge in [0.05, 0.1) is 5.56 Å². The summed E-state index contributed by atoms with van der Waals surface area (Å²) in [4.78, 5) is 13.0. The lowest BCUT2D eigenvalue weighted by atomic mass is 9.44. The van der Waals surface area contributed by atoms with Gasteiger partial charge in [-0.25, -0.2) is 4.79 Å². The lowest BCUT2D eigenvalue weighted by Gasteiger charge is -2.61. The van der Waals surface area contributed by atoms with Crippen molar-refractivity contribution in [2.75, 3.05) is 11.5 Å². The predicted molar refractivity (Wildman–Crippen MR) is 158 cm³/mol. The number of rotatable bonds is 7. The van der Waals surface area contributed by atoms with Gasteiger partial charge in [-0.2, -0.15) is 0 Å². The van der Waals surface area contributed by atoms with Gasteiger partial charge in [-0.15, -0.1) is 0 Å². The number of nitrogen functional groups attached to an aromatic ring is 2. The van der Waals surface area contributed by atoms with Crippen LogP contribution in [0, 0.1) is 52.3 Å². The molecule has 1 aromatic carbocycles. The first-order chi connectivity index (χ1) is 18.0. The first-order valence-electron chi connectivity index (χ1n) is 15.9. The van der Waals surface area contributed by atoms with Crippen molar-refractivity contribution in [3.05, 3.63) is 23.8 Å². The van der Waals surface area contributed by atoms with Gasteiger partial charge in [-0.1, -0.05) is 53.9 Å². The highest BCUT2D eigenvalue weighted by atomic mass is 16.5. The topological polar surface area (TPSA) is 78.3 Å². The van der Waals surface area contributed by atoms with E-state index >= 15 is 0 Å². The van der Waals surface area contributed by atoms with Crippen LogP contribution in [0.3, 0.4) is 0 Å². The van der Waals surface area contributed by atoms with Crippen molar-refractivity contribution in [1.82, 2.24) is 0 Å². The number of anilines is 2. The molecule has 4 nitrogen and oxygen atoms in total. The zero-order valence-electron chi connectivity index (χ0n) is 24.8. The molecule has 4 aliphatic carbocycles. The van der Waals surface area contributed by atoms with Gasteiger partial charge in [-0.05, 0) is 128 Å². The fourth-order valence-electron chi connectivity index (χ4n) is 10.4. The van der Waals surface area contributed by atoms with Crippen molar-refractivity contribution >= 4 is 17.3 Å². The van der Waals surface area contributed by atoms with Gasteiger partial charge in [0, 0.05) is 11.4 Å². The molecular formula is C34H54N2O2. The van der Waals surface area contributed by atoms with E-state index in [1.165, 1.54) is 64.2 Å². The van der Waals surface area contributed by atoms with Crippen molar-refractivity contribution in [2.45, 2.75) is 118 Å². The molecule has 8 unspecified atom stereocenters. The van der Waals surface area contributed by atoms with Gasteiger partial charge in [0.2, 0.25) is 0 Å². The summed E-state index contributed by atoms with van der Waals surface area (Å²) in [6.45, 7) is 12.5. The highest BCUT2D eigenvalue weighted by Crippen LogP contribution is 2.68. The normalized spacial score (nSPS) is 39.2. The Kier molecular flexibility index (Phi) is 7.84. The second-order valence-corrected chi connectivity index (χ2v) is 14.9. The van der Waals surface area contributed by atoms with Gasteiger partial charge >= 0.3 is 5.97 Å². The third kappa shape index (κ3) is 5.10. The van der Waals surface area contributed by atoms with E-state index in [9.17, 15) is 4.79 Å². The van der Waals surface area contributed by atoms with Crippen LogP contribution in [-0.2, 0) is 4.74 Å². The second kappa shape index (κ2) is 10.7. The van der Waals surface area contributed by atoms with E-state index in [0.717, 1.165) is 54.3 Å². The number of carbonyl (C=O) groups is 1. The van der Waals surface area contributed by atoms with Crippen LogP contribution >= 0.6 is 0 Å². The molecule has 0 heterocycles. The molecule has 0 spiro atoms. The van der Waals surface area contributed by atoms with E-state index in [-0.39, 0.29) is 17.5 Å². The van der Waals surface area contributed by atoms with Crippen LogP contribution in [0.1, 0.15) is 122 Å². The van der Waals surface area contributed by atoms with Crippen molar-refractivity contribution in [2.24, 2.45) is 52.3 Å². The van der Waals surface area contributed by atoms with Crippen LogP contribution in [-0.4, -0.2) is 12.1 Å². The Balaban J connectivity index is 1.27. The number of hydrogen-bond donors (Lipinski definition) is 2. The maximum atomic E-state index is 13.0. The van der Waals surface area contributed by atoms with E-state index in [0.29, 0.717) is 22.4 Å². The Morgan fingerprint density at radius 2 is 1.58 bits per heavy atom. The van der Waals surface area contributed by atoms with Gasteiger partial charge < -0.3 is 16.2 Å². The number of esters is 1. The van der Waals surface area contributed by atoms with Crippen LogP contribution in [0.25, 0.3) is 0 Å². The molecule has 38 heavy (non-hydrogen) atoms. The highest BCUT2D eigenvalue weighted by molar-refractivity contribution is 5.91. The molecule has 0 aromatic heterocycles. The molecule has 212 valence electrons. The Hall–Kier alpha value is -1.71. The first kappa shape index (κ1) is 27.8. The van der Waals surface area contributed by atoms with Crippen LogP contribution in [0.5, 0.6) is 0 Å². The summed E-state index contributed by atoms with van der Waals surface area (Å²) in [5.41, 5.74) is 14.2. The van der Waals surface area contributed by atoms with Gasteiger partial charge in [0.15, 0.2) is 0 Å². The lowest BCUT2D eigenvalue weighted by molar-refractivity contribution is -0.134.